The molecule has 0 atom stereocenters. The summed E-state index contributed by atoms with van der Waals surface area (Å²) in [5.41, 5.74) is 3.28. The van der Waals surface area contributed by atoms with Crippen LogP contribution in [0.4, 0.5) is 0 Å². The number of hydrogen-bond acceptors (Lipinski definition) is 1. The SMILES string of the molecule is C=C(C)NC(C)=NC1=CC=CC(C)(C)C(C)=C1. The van der Waals surface area contributed by atoms with Crippen LogP contribution in [-0.2, 0) is 0 Å². The first kappa shape index (κ1) is 13.5. The van der Waals surface area contributed by atoms with E-state index in [1.807, 2.05) is 19.9 Å². The third kappa shape index (κ3) is 4.06. The topological polar surface area (TPSA) is 24.4 Å². The standard InChI is InChI=1S/C15H22N2/c1-11(2)16-13(4)17-14-8-7-9-15(5,6)12(3)10-14/h7-10H,1H2,2-6H3,(H,16,17). The number of aliphatic imine (C=N–C) groups is 1. The molecule has 1 aliphatic rings. The van der Waals surface area contributed by atoms with Gasteiger partial charge in [0.05, 0.1) is 5.70 Å². The third-order valence-electron chi connectivity index (χ3n) is 2.85. The fraction of sp³-hybridized carbons (Fsp3) is 0.400. The summed E-state index contributed by atoms with van der Waals surface area (Å²) in [6.07, 6.45) is 8.42. The number of nitrogens with zero attached hydrogens (tertiary/aromatic N) is 1. The van der Waals surface area contributed by atoms with Gasteiger partial charge in [-0.3, -0.25) is 0 Å². The van der Waals surface area contributed by atoms with Crippen molar-refractivity contribution in [3.05, 3.63) is 47.9 Å². The van der Waals surface area contributed by atoms with Gasteiger partial charge in [0.2, 0.25) is 0 Å². The third-order valence-corrected chi connectivity index (χ3v) is 2.85. The Hall–Kier alpha value is -1.57. The van der Waals surface area contributed by atoms with E-state index in [4.69, 9.17) is 0 Å². The van der Waals surface area contributed by atoms with Gasteiger partial charge in [-0.1, -0.05) is 38.2 Å². The van der Waals surface area contributed by atoms with Crippen molar-refractivity contribution in [1.29, 1.82) is 0 Å². The van der Waals surface area contributed by atoms with Crippen molar-refractivity contribution in [3.8, 4) is 0 Å². The number of amidine groups is 1. The molecule has 0 aromatic rings. The zero-order chi connectivity index (χ0) is 13.1. The van der Waals surface area contributed by atoms with Gasteiger partial charge in [-0.25, -0.2) is 4.99 Å². The van der Waals surface area contributed by atoms with Crippen LogP contribution in [0.25, 0.3) is 0 Å². The summed E-state index contributed by atoms with van der Waals surface area (Å²) >= 11 is 0. The van der Waals surface area contributed by atoms with Crippen LogP contribution in [-0.4, -0.2) is 5.84 Å². The lowest BCUT2D eigenvalue weighted by molar-refractivity contribution is 0.580. The molecule has 2 heteroatoms. The van der Waals surface area contributed by atoms with Gasteiger partial charge in [0.1, 0.15) is 5.84 Å². The van der Waals surface area contributed by atoms with Gasteiger partial charge in [-0.15, -0.1) is 0 Å². The van der Waals surface area contributed by atoms with Crippen LogP contribution in [0.1, 0.15) is 34.6 Å². The Morgan fingerprint density at radius 1 is 1.35 bits per heavy atom. The highest BCUT2D eigenvalue weighted by atomic mass is 15.0. The highest BCUT2D eigenvalue weighted by molar-refractivity contribution is 5.82. The lowest BCUT2D eigenvalue weighted by atomic mass is 9.85. The van der Waals surface area contributed by atoms with Crippen molar-refractivity contribution < 1.29 is 0 Å². The molecule has 0 radical (unpaired) electrons. The van der Waals surface area contributed by atoms with E-state index in [0.717, 1.165) is 17.2 Å². The van der Waals surface area contributed by atoms with E-state index in [-0.39, 0.29) is 5.41 Å². The van der Waals surface area contributed by atoms with E-state index in [2.05, 4.69) is 55.9 Å². The zero-order valence-corrected chi connectivity index (χ0v) is 11.5. The second kappa shape index (κ2) is 5.17. The van der Waals surface area contributed by atoms with Gasteiger partial charge in [0, 0.05) is 11.1 Å². The summed E-state index contributed by atoms with van der Waals surface area (Å²) in [6.45, 7) is 14.2. The number of allylic oxidation sites excluding steroid dienone is 6. The van der Waals surface area contributed by atoms with Crippen LogP contribution in [0.3, 0.4) is 0 Å². The number of rotatable bonds is 2. The van der Waals surface area contributed by atoms with Gasteiger partial charge in [0.15, 0.2) is 0 Å². The smallest absolute Gasteiger partial charge is 0.103 e. The van der Waals surface area contributed by atoms with Gasteiger partial charge >= 0.3 is 0 Å². The quantitative estimate of drug-likeness (QED) is 0.563. The van der Waals surface area contributed by atoms with Crippen LogP contribution in [0.15, 0.2) is 52.8 Å². The average Bonchev–Trinajstić information content (AvgIpc) is 2.25. The molecule has 17 heavy (non-hydrogen) atoms. The maximum absolute atomic E-state index is 4.53. The minimum absolute atomic E-state index is 0.101. The molecule has 1 aliphatic carbocycles. The first-order chi connectivity index (χ1) is 7.81. The zero-order valence-electron chi connectivity index (χ0n) is 11.5. The molecule has 0 saturated carbocycles. The Morgan fingerprint density at radius 3 is 2.59 bits per heavy atom. The van der Waals surface area contributed by atoms with Gasteiger partial charge < -0.3 is 5.32 Å². The molecule has 0 saturated heterocycles. The fourth-order valence-corrected chi connectivity index (χ4v) is 1.57. The molecular formula is C15H22N2. The fourth-order valence-electron chi connectivity index (χ4n) is 1.57. The first-order valence-electron chi connectivity index (χ1n) is 5.87. The van der Waals surface area contributed by atoms with E-state index < -0.39 is 0 Å². The van der Waals surface area contributed by atoms with E-state index in [0.29, 0.717) is 0 Å². The lowest BCUT2D eigenvalue weighted by Gasteiger charge is -2.20. The van der Waals surface area contributed by atoms with Crippen LogP contribution in [0.2, 0.25) is 0 Å². The monoisotopic (exact) mass is 230 g/mol. The predicted molar refractivity (Wildman–Crippen MR) is 75.8 cm³/mol. The Balaban J connectivity index is 2.94. The second-order valence-corrected chi connectivity index (χ2v) is 5.10. The summed E-state index contributed by atoms with van der Waals surface area (Å²) in [5, 5.41) is 3.11. The minimum Gasteiger partial charge on any atom is -0.348 e. The van der Waals surface area contributed by atoms with Crippen molar-refractivity contribution in [1.82, 2.24) is 5.32 Å². The molecule has 92 valence electrons. The molecule has 0 heterocycles. The number of nitrogens with one attached hydrogen (secondary N) is 1. The van der Waals surface area contributed by atoms with Crippen LogP contribution >= 0.6 is 0 Å². The predicted octanol–water partition coefficient (Wildman–Crippen LogP) is 3.95. The number of hydrogen-bond donors (Lipinski definition) is 1. The molecule has 0 amide bonds. The molecule has 0 fully saturated rings. The highest BCUT2D eigenvalue weighted by Gasteiger charge is 2.17. The van der Waals surface area contributed by atoms with Crippen molar-refractivity contribution in [2.45, 2.75) is 34.6 Å². The molecule has 0 aliphatic heterocycles. The van der Waals surface area contributed by atoms with Gasteiger partial charge in [0.25, 0.3) is 0 Å². The molecular weight excluding hydrogens is 208 g/mol. The van der Waals surface area contributed by atoms with Gasteiger partial charge in [-0.2, -0.15) is 0 Å². The normalized spacial score (nSPS) is 19.2. The molecule has 2 nitrogen and oxygen atoms in total. The molecule has 0 bridgehead atoms. The van der Waals surface area contributed by atoms with Crippen molar-refractivity contribution in [3.63, 3.8) is 0 Å². The highest BCUT2D eigenvalue weighted by Crippen LogP contribution is 2.30. The van der Waals surface area contributed by atoms with Crippen LogP contribution < -0.4 is 5.32 Å². The van der Waals surface area contributed by atoms with E-state index >= 15 is 0 Å². The maximum Gasteiger partial charge on any atom is 0.103 e. The summed E-state index contributed by atoms with van der Waals surface area (Å²) in [7, 11) is 0. The lowest BCUT2D eigenvalue weighted by Crippen LogP contribution is -2.17. The molecule has 1 rings (SSSR count). The Morgan fingerprint density at radius 2 is 2.00 bits per heavy atom. The summed E-state index contributed by atoms with van der Waals surface area (Å²) < 4.78 is 0. The summed E-state index contributed by atoms with van der Waals surface area (Å²) in [5.74, 6) is 0.862. The van der Waals surface area contributed by atoms with E-state index in [9.17, 15) is 0 Å². The first-order valence-corrected chi connectivity index (χ1v) is 5.87. The molecule has 0 aromatic heterocycles. The summed E-state index contributed by atoms with van der Waals surface area (Å²) in [6, 6.07) is 0. The molecule has 0 spiro atoms. The van der Waals surface area contributed by atoms with Crippen molar-refractivity contribution in [2.24, 2.45) is 10.4 Å². The van der Waals surface area contributed by atoms with Gasteiger partial charge in [-0.05, 0) is 32.9 Å². The molecule has 0 unspecified atom stereocenters. The average molecular weight is 230 g/mol. The Labute approximate surface area is 105 Å². The van der Waals surface area contributed by atoms with E-state index in [1.54, 1.807) is 0 Å². The maximum atomic E-state index is 4.53. The van der Waals surface area contributed by atoms with Crippen molar-refractivity contribution in [2.75, 3.05) is 0 Å². The minimum atomic E-state index is 0.101. The molecule has 0 aromatic carbocycles. The molecule has 1 N–H and O–H groups in total. The van der Waals surface area contributed by atoms with E-state index in [1.165, 1.54) is 5.57 Å². The van der Waals surface area contributed by atoms with Crippen LogP contribution in [0.5, 0.6) is 0 Å². The Kier molecular flexibility index (Phi) is 4.11. The summed E-state index contributed by atoms with van der Waals surface area (Å²) in [4.78, 5) is 4.53. The second-order valence-electron chi connectivity index (χ2n) is 5.10. The Bertz CT molecular complexity index is 432. The van der Waals surface area contributed by atoms with Crippen molar-refractivity contribution >= 4 is 5.84 Å². The van der Waals surface area contributed by atoms with Crippen LogP contribution in [0, 0.1) is 5.41 Å². The largest absolute Gasteiger partial charge is 0.348 e.